The van der Waals surface area contributed by atoms with Gasteiger partial charge in [0, 0.05) is 17.8 Å². The van der Waals surface area contributed by atoms with Crippen molar-refractivity contribution in [1.29, 1.82) is 0 Å². The monoisotopic (exact) mass is 384 g/mol. The zero-order valence-corrected chi connectivity index (χ0v) is 17.3. The molecule has 0 heterocycles. The molecule has 0 radical (unpaired) electrons. The molecule has 28 heavy (non-hydrogen) atoms. The Hall–Kier alpha value is -2.86. The second kappa shape index (κ2) is 9.37. The number of nitrogens with zero attached hydrogens (tertiary/aromatic N) is 1. The maximum atomic E-state index is 12.7. The normalized spacial score (nSPS) is 11.8. The fourth-order valence-corrected chi connectivity index (χ4v) is 2.86. The van der Waals surface area contributed by atoms with Crippen LogP contribution in [0.1, 0.15) is 35.3 Å². The van der Waals surface area contributed by atoms with Crippen LogP contribution in [0.4, 0.5) is 5.69 Å². The summed E-state index contributed by atoms with van der Waals surface area (Å²) in [6.07, 6.45) is 0. The highest BCUT2D eigenvalue weighted by Gasteiger charge is 2.20. The van der Waals surface area contributed by atoms with Gasteiger partial charge in [0.25, 0.3) is 0 Å². The third-order valence-corrected chi connectivity index (χ3v) is 4.84. The van der Waals surface area contributed by atoms with Gasteiger partial charge in [0.1, 0.15) is 0 Å². The Bertz CT molecular complexity index is 864. The predicted molar refractivity (Wildman–Crippen MR) is 110 cm³/mol. The molecule has 2 aromatic rings. The van der Waals surface area contributed by atoms with Crippen molar-refractivity contribution in [2.45, 2.75) is 33.4 Å². The predicted octanol–water partition coefficient (Wildman–Crippen LogP) is 3.67. The molecule has 0 saturated heterocycles. The Morgan fingerprint density at radius 1 is 1.11 bits per heavy atom. The van der Waals surface area contributed by atoms with Crippen molar-refractivity contribution >= 4 is 17.4 Å². The van der Waals surface area contributed by atoms with Crippen LogP contribution in [0.5, 0.6) is 11.5 Å². The average Bonchev–Trinajstić information content (AvgIpc) is 2.68. The zero-order chi connectivity index (χ0) is 20.8. The van der Waals surface area contributed by atoms with Crippen molar-refractivity contribution in [3.63, 3.8) is 0 Å². The maximum Gasteiger partial charge on any atom is 0.241 e. The number of ether oxygens (including phenoxy) is 2. The van der Waals surface area contributed by atoms with Gasteiger partial charge in [-0.05, 0) is 63.2 Å². The first-order chi connectivity index (χ1) is 13.3. The fourth-order valence-electron chi connectivity index (χ4n) is 2.86. The number of likely N-dealkylation sites (N-methyl/N-ethyl adjacent to an activating group) is 1. The quantitative estimate of drug-likeness (QED) is 0.704. The summed E-state index contributed by atoms with van der Waals surface area (Å²) in [6, 6.07) is 10.4. The molecule has 1 atom stereocenters. The SMILES string of the molecule is COc1cc(C)c(CN(C)[C@@H](C)C(=O)Nc2cccc(C(C)=O)c2)cc1OC. The first kappa shape index (κ1) is 21.4. The fraction of sp³-hybridized carbons (Fsp3) is 0.364. The van der Waals surface area contributed by atoms with E-state index in [2.05, 4.69) is 5.32 Å². The largest absolute Gasteiger partial charge is 0.493 e. The highest BCUT2D eigenvalue weighted by atomic mass is 16.5. The number of anilines is 1. The van der Waals surface area contributed by atoms with Crippen LogP contribution >= 0.6 is 0 Å². The number of nitrogens with one attached hydrogen (secondary N) is 1. The highest BCUT2D eigenvalue weighted by Crippen LogP contribution is 2.31. The molecule has 0 aliphatic carbocycles. The average molecular weight is 384 g/mol. The molecule has 0 aliphatic rings. The molecule has 1 N–H and O–H groups in total. The zero-order valence-electron chi connectivity index (χ0n) is 17.3. The van der Waals surface area contributed by atoms with E-state index in [0.717, 1.165) is 11.1 Å². The van der Waals surface area contributed by atoms with E-state index in [1.807, 2.05) is 37.9 Å². The summed E-state index contributed by atoms with van der Waals surface area (Å²) >= 11 is 0. The van der Waals surface area contributed by atoms with Crippen LogP contribution in [-0.2, 0) is 11.3 Å². The summed E-state index contributed by atoms with van der Waals surface area (Å²) in [5.41, 5.74) is 3.30. The molecule has 150 valence electrons. The summed E-state index contributed by atoms with van der Waals surface area (Å²) in [7, 11) is 5.11. The molecule has 0 aromatic heterocycles. The number of amides is 1. The van der Waals surface area contributed by atoms with Crippen molar-refractivity contribution in [1.82, 2.24) is 4.90 Å². The first-order valence-electron chi connectivity index (χ1n) is 9.10. The van der Waals surface area contributed by atoms with Gasteiger partial charge < -0.3 is 14.8 Å². The molecule has 6 nitrogen and oxygen atoms in total. The van der Waals surface area contributed by atoms with E-state index in [9.17, 15) is 9.59 Å². The number of carbonyl (C=O) groups excluding carboxylic acids is 2. The van der Waals surface area contributed by atoms with E-state index in [-0.39, 0.29) is 17.7 Å². The minimum Gasteiger partial charge on any atom is -0.493 e. The molecule has 2 aromatic carbocycles. The smallest absolute Gasteiger partial charge is 0.241 e. The van der Waals surface area contributed by atoms with Gasteiger partial charge in [-0.1, -0.05) is 12.1 Å². The van der Waals surface area contributed by atoms with E-state index in [4.69, 9.17) is 9.47 Å². The molecule has 0 spiro atoms. The molecule has 0 saturated carbocycles. The number of aryl methyl sites for hydroxylation is 1. The van der Waals surface area contributed by atoms with Gasteiger partial charge in [-0.3, -0.25) is 14.5 Å². The van der Waals surface area contributed by atoms with Crippen LogP contribution in [0.25, 0.3) is 0 Å². The third kappa shape index (κ3) is 5.10. The highest BCUT2D eigenvalue weighted by molar-refractivity contribution is 5.98. The Morgan fingerprint density at radius 2 is 1.75 bits per heavy atom. The van der Waals surface area contributed by atoms with Crippen LogP contribution in [0, 0.1) is 6.92 Å². The second-order valence-electron chi connectivity index (χ2n) is 6.85. The molecule has 2 rings (SSSR count). The number of ketones is 1. The second-order valence-corrected chi connectivity index (χ2v) is 6.85. The van der Waals surface area contributed by atoms with Gasteiger partial charge >= 0.3 is 0 Å². The molecule has 0 aliphatic heterocycles. The minimum atomic E-state index is -0.367. The Labute approximate surface area is 166 Å². The first-order valence-corrected chi connectivity index (χ1v) is 9.10. The van der Waals surface area contributed by atoms with Crippen LogP contribution in [-0.4, -0.2) is 43.9 Å². The Morgan fingerprint density at radius 3 is 2.36 bits per heavy atom. The summed E-state index contributed by atoms with van der Waals surface area (Å²) < 4.78 is 10.7. The molecule has 1 amide bonds. The van der Waals surface area contributed by atoms with Crippen molar-refractivity contribution in [2.24, 2.45) is 0 Å². The van der Waals surface area contributed by atoms with Gasteiger partial charge in [-0.15, -0.1) is 0 Å². The van der Waals surface area contributed by atoms with Gasteiger partial charge in [-0.25, -0.2) is 0 Å². The van der Waals surface area contributed by atoms with E-state index in [1.54, 1.807) is 38.5 Å². The standard InChI is InChI=1S/C22H28N2O4/c1-14-10-20(27-5)21(28-6)12-18(14)13-24(4)15(2)22(26)23-19-9-7-8-17(11-19)16(3)25/h7-12,15H,13H2,1-6H3,(H,23,26)/t15-/m0/s1. The minimum absolute atomic E-state index is 0.0369. The van der Waals surface area contributed by atoms with Gasteiger partial charge in [0.2, 0.25) is 5.91 Å². The van der Waals surface area contributed by atoms with Gasteiger partial charge in [0.05, 0.1) is 20.3 Å². The lowest BCUT2D eigenvalue weighted by atomic mass is 10.1. The number of hydrogen-bond acceptors (Lipinski definition) is 5. The Kier molecular flexibility index (Phi) is 7.18. The van der Waals surface area contributed by atoms with Crippen molar-refractivity contribution in [3.8, 4) is 11.5 Å². The third-order valence-electron chi connectivity index (χ3n) is 4.84. The Balaban J connectivity index is 2.10. The van der Waals surface area contributed by atoms with Gasteiger partial charge in [-0.2, -0.15) is 0 Å². The van der Waals surface area contributed by atoms with Crippen LogP contribution < -0.4 is 14.8 Å². The molecule has 6 heteroatoms. The maximum absolute atomic E-state index is 12.7. The van der Waals surface area contributed by atoms with E-state index < -0.39 is 0 Å². The van der Waals surface area contributed by atoms with E-state index in [1.165, 1.54) is 6.92 Å². The van der Waals surface area contributed by atoms with Gasteiger partial charge in [0.15, 0.2) is 17.3 Å². The van der Waals surface area contributed by atoms with Crippen LogP contribution in [0.2, 0.25) is 0 Å². The van der Waals surface area contributed by atoms with Crippen molar-refractivity contribution < 1.29 is 19.1 Å². The number of benzene rings is 2. The number of Topliss-reactive ketones (excluding diaryl/α,β-unsaturated/α-hetero) is 1. The number of hydrogen-bond donors (Lipinski definition) is 1. The number of methoxy groups -OCH3 is 2. The number of carbonyl (C=O) groups is 2. The van der Waals surface area contributed by atoms with Crippen LogP contribution in [0.3, 0.4) is 0 Å². The lowest BCUT2D eigenvalue weighted by Crippen LogP contribution is -2.39. The molecule has 0 bridgehead atoms. The topological polar surface area (TPSA) is 67.9 Å². The van der Waals surface area contributed by atoms with Crippen molar-refractivity contribution in [2.75, 3.05) is 26.6 Å². The molecule has 0 unspecified atom stereocenters. The van der Waals surface area contributed by atoms with E-state index >= 15 is 0 Å². The van der Waals surface area contributed by atoms with Crippen molar-refractivity contribution in [3.05, 3.63) is 53.1 Å². The lowest BCUT2D eigenvalue weighted by Gasteiger charge is -2.25. The molecular weight excluding hydrogens is 356 g/mol. The summed E-state index contributed by atoms with van der Waals surface area (Å²) in [5.74, 6) is 1.17. The number of rotatable bonds is 8. The summed E-state index contributed by atoms with van der Waals surface area (Å²) in [5, 5.41) is 2.88. The van der Waals surface area contributed by atoms with E-state index in [0.29, 0.717) is 29.3 Å². The van der Waals surface area contributed by atoms with Crippen LogP contribution in [0.15, 0.2) is 36.4 Å². The summed E-state index contributed by atoms with van der Waals surface area (Å²) in [6.45, 7) is 5.93. The molecule has 0 fully saturated rings. The summed E-state index contributed by atoms with van der Waals surface area (Å²) in [4.78, 5) is 26.1. The molecular formula is C22H28N2O4. The lowest BCUT2D eigenvalue weighted by molar-refractivity contribution is -0.120.